The van der Waals surface area contributed by atoms with Gasteiger partial charge >= 0.3 is 0 Å². The first-order valence-corrected chi connectivity index (χ1v) is 13.3. The highest BCUT2D eigenvalue weighted by Gasteiger charge is 2.52. The number of benzene rings is 2. The van der Waals surface area contributed by atoms with Crippen LogP contribution in [0.3, 0.4) is 0 Å². The van der Waals surface area contributed by atoms with Crippen molar-refractivity contribution in [2.45, 2.75) is 34.3 Å². The molecule has 0 unspecified atom stereocenters. The molecule has 9 heteroatoms. The lowest BCUT2D eigenvalue weighted by atomic mass is 9.79. The lowest BCUT2D eigenvalue weighted by Crippen LogP contribution is -2.47. The first-order chi connectivity index (χ1) is 14.7. The third-order valence-corrected chi connectivity index (χ3v) is 10.4. The van der Waals surface area contributed by atoms with E-state index in [4.69, 9.17) is 13.7 Å². The Hall–Kier alpha value is -1.39. The topological polar surface area (TPSA) is 82.1 Å². The Labute approximate surface area is 191 Å². The second kappa shape index (κ2) is 8.51. The van der Waals surface area contributed by atoms with Gasteiger partial charge in [0.15, 0.2) is 0 Å². The van der Waals surface area contributed by atoms with E-state index in [9.17, 15) is 13.5 Å². The van der Waals surface area contributed by atoms with E-state index in [1.54, 1.807) is 49.9 Å². The van der Waals surface area contributed by atoms with Gasteiger partial charge in [0, 0.05) is 35.5 Å². The maximum atomic E-state index is 12.7. The lowest BCUT2D eigenvalue weighted by Gasteiger charge is -2.44. The number of aliphatic hydroxyl groups is 1. The number of methoxy groups -OCH3 is 2. The molecule has 2 aromatic carbocycles. The number of aryl methyl sites for hydroxylation is 1. The molecule has 1 N–H and O–H groups in total. The highest BCUT2D eigenvalue weighted by molar-refractivity contribution is 8.20. The van der Waals surface area contributed by atoms with Crippen LogP contribution in [0, 0.1) is 6.92 Å². The molecule has 1 spiro atoms. The molecule has 0 amide bonds. The first kappa shape index (κ1) is 22.8. The number of hydrogen-bond donors (Lipinski definition) is 1. The molecule has 0 aromatic heterocycles. The van der Waals surface area contributed by atoms with Crippen LogP contribution in [0.25, 0.3) is 0 Å². The van der Waals surface area contributed by atoms with Gasteiger partial charge in [-0.1, -0.05) is 17.7 Å². The standard InChI is InChI=1S/C22H26O6S3/c1-15-4-6-16(7-5-15)31(24,25)28-14-21(23)12-17-18(26-2)8-9-19(27-3)20(17)22(13-21)29-10-11-30-22/h4-9,23H,10-14H2,1-3H3/t21-/m0/s1. The van der Waals surface area contributed by atoms with Gasteiger partial charge in [0.1, 0.15) is 11.5 Å². The first-order valence-electron chi connectivity index (χ1n) is 9.93. The molecule has 2 aromatic rings. The van der Waals surface area contributed by atoms with E-state index in [1.165, 1.54) is 12.1 Å². The van der Waals surface area contributed by atoms with Crippen molar-refractivity contribution in [1.29, 1.82) is 0 Å². The minimum absolute atomic E-state index is 0.0801. The number of hydrogen-bond acceptors (Lipinski definition) is 8. The molecule has 1 aliphatic heterocycles. The van der Waals surface area contributed by atoms with Gasteiger partial charge in [0.25, 0.3) is 10.1 Å². The summed E-state index contributed by atoms with van der Waals surface area (Å²) in [5, 5.41) is 11.6. The largest absolute Gasteiger partial charge is 0.496 e. The van der Waals surface area contributed by atoms with Crippen LogP contribution in [0.5, 0.6) is 11.5 Å². The van der Waals surface area contributed by atoms with Crippen molar-refractivity contribution < 1.29 is 27.2 Å². The minimum Gasteiger partial charge on any atom is -0.496 e. The average molecular weight is 483 g/mol. The van der Waals surface area contributed by atoms with Crippen LogP contribution >= 0.6 is 23.5 Å². The summed E-state index contributed by atoms with van der Waals surface area (Å²) in [7, 11) is -0.755. The van der Waals surface area contributed by atoms with Gasteiger partial charge in [-0.15, -0.1) is 23.5 Å². The van der Waals surface area contributed by atoms with Crippen LogP contribution in [0.1, 0.15) is 23.1 Å². The Morgan fingerprint density at radius 3 is 2.23 bits per heavy atom. The second-order valence-electron chi connectivity index (χ2n) is 7.88. The Bertz CT molecular complexity index is 1060. The lowest BCUT2D eigenvalue weighted by molar-refractivity contribution is -0.0181. The highest BCUT2D eigenvalue weighted by Crippen LogP contribution is 2.63. The molecular formula is C22H26O6S3. The van der Waals surface area contributed by atoms with E-state index in [0.717, 1.165) is 33.9 Å². The van der Waals surface area contributed by atoms with E-state index < -0.39 is 19.8 Å². The Morgan fingerprint density at radius 1 is 1.00 bits per heavy atom. The fraction of sp³-hybridized carbons (Fsp3) is 0.455. The van der Waals surface area contributed by atoms with Crippen molar-refractivity contribution >= 4 is 33.6 Å². The van der Waals surface area contributed by atoms with Gasteiger partial charge < -0.3 is 14.6 Å². The molecule has 31 heavy (non-hydrogen) atoms. The third kappa shape index (κ3) is 4.30. The zero-order chi connectivity index (χ0) is 22.3. The fourth-order valence-corrected chi connectivity index (χ4v) is 8.86. The maximum Gasteiger partial charge on any atom is 0.297 e. The summed E-state index contributed by atoms with van der Waals surface area (Å²) in [6, 6.07) is 10.2. The Kier molecular flexibility index (Phi) is 6.26. The van der Waals surface area contributed by atoms with E-state index >= 15 is 0 Å². The molecule has 1 atom stereocenters. The van der Waals surface area contributed by atoms with Crippen LogP contribution in [0.2, 0.25) is 0 Å². The number of ether oxygens (including phenoxy) is 2. The van der Waals surface area contributed by atoms with Gasteiger partial charge in [0.2, 0.25) is 0 Å². The molecule has 1 aliphatic carbocycles. The van der Waals surface area contributed by atoms with Crippen LogP contribution < -0.4 is 9.47 Å². The predicted molar refractivity (Wildman–Crippen MR) is 124 cm³/mol. The number of thioether (sulfide) groups is 2. The second-order valence-corrected chi connectivity index (χ2v) is 12.5. The molecule has 1 heterocycles. The molecule has 1 saturated heterocycles. The van der Waals surface area contributed by atoms with Gasteiger partial charge in [0.05, 0.1) is 35.4 Å². The summed E-state index contributed by atoms with van der Waals surface area (Å²) in [5.74, 6) is 3.28. The monoisotopic (exact) mass is 482 g/mol. The van der Waals surface area contributed by atoms with Gasteiger partial charge in [-0.2, -0.15) is 8.42 Å². The fourth-order valence-electron chi connectivity index (χ4n) is 4.24. The van der Waals surface area contributed by atoms with Crippen LogP contribution in [0.15, 0.2) is 41.3 Å². The van der Waals surface area contributed by atoms with E-state index in [2.05, 4.69) is 0 Å². The SMILES string of the molecule is COc1ccc(OC)c2c1C[C@@](O)(COS(=O)(=O)c1ccc(C)cc1)CC21SCCS1. The van der Waals surface area contributed by atoms with Crippen molar-refractivity contribution in [2.75, 3.05) is 32.3 Å². The zero-order valence-corrected chi connectivity index (χ0v) is 20.2. The summed E-state index contributed by atoms with van der Waals surface area (Å²) in [6.45, 7) is 1.56. The Balaban J connectivity index is 1.68. The molecule has 4 rings (SSSR count). The van der Waals surface area contributed by atoms with Crippen LogP contribution in [0.4, 0.5) is 0 Å². The van der Waals surface area contributed by atoms with E-state index in [0.29, 0.717) is 12.2 Å². The molecule has 0 saturated carbocycles. The van der Waals surface area contributed by atoms with Crippen molar-refractivity contribution in [3.8, 4) is 11.5 Å². The number of rotatable bonds is 6. The van der Waals surface area contributed by atoms with Gasteiger partial charge in [-0.25, -0.2) is 0 Å². The zero-order valence-electron chi connectivity index (χ0n) is 17.7. The van der Waals surface area contributed by atoms with Crippen molar-refractivity contribution in [1.82, 2.24) is 0 Å². The van der Waals surface area contributed by atoms with Gasteiger partial charge in [-0.3, -0.25) is 4.18 Å². The third-order valence-electron chi connectivity index (χ3n) is 5.67. The minimum atomic E-state index is -3.99. The highest BCUT2D eigenvalue weighted by atomic mass is 32.2. The molecule has 0 bridgehead atoms. The maximum absolute atomic E-state index is 12.7. The van der Waals surface area contributed by atoms with Crippen LogP contribution in [-0.2, 0) is 24.8 Å². The van der Waals surface area contributed by atoms with Crippen molar-refractivity contribution in [3.63, 3.8) is 0 Å². The number of fused-ring (bicyclic) bond motifs is 2. The summed E-state index contributed by atoms with van der Waals surface area (Å²) < 4.78 is 41.6. The van der Waals surface area contributed by atoms with Crippen molar-refractivity contribution in [3.05, 3.63) is 53.1 Å². The average Bonchev–Trinajstić information content (AvgIpc) is 3.20. The normalized spacial score (nSPS) is 22.3. The molecule has 6 nitrogen and oxygen atoms in total. The van der Waals surface area contributed by atoms with Crippen molar-refractivity contribution in [2.24, 2.45) is 0 Å². The molecule has 168 valence electrons. The molecule has 1 fully saturated rings. The summed E-state index contributed by atoms with van der Waals surface area (Å²) >= 11 is 3.51. The quantitative estimate of drug-likeness (QED) is 0.624. The van der Waals surface area contributed by atoms with E-state index in [-0.39, 0.29) is 17.9 Å². The predicted octanol–water partition coefficient (Wildman–Crippen LogP) is 3.73. The molecular weight excluding hydrogens is 456 g/mol. The summed E-state index contributed by atoms with van der Waals surface area (Å²) in [5.41, 5.74) is 1.45. The molecule has 0 radical (unpaired) electrons. The Morgan fingerprint density at radius 2 is 1.61 bits per heavy atom. The smallest absolute Gasteiger partial charge is 0.297 e. The summed E-state index contributed by atoms with van der Waals surface area (Å²) in [4.78, 5) is 0.0801. The van der Waals surface area contributed by atoms with E-state index in [1.807, 2.05) is 19.1 Å². The van der Waals surface area contributed by atoms with Crippen LogP contribution in [-0.4, -0.2) is 51.5 Å². The van der Waals surface area contributed by atoms with Gasteiger partial charge in [-0.05, 0) is 31.2 Å². The molecule has 2 aliphatic rings. The summed E-state index contributed by atoms with van der Waals surface area (Å²) in [6.07, 6.45) is 0.574.